The molecule has 3 N–H and O–H groups in total. The van der Waals surface area contributed by atoms with Crippen molar-refractivity contribution in [2.24, 2.45) is 0 Å². The predicted molar refractivity (Wildman–Crippen MR) is 133 cm³/mol. The quantitative estimate of drug-likeness (QED) is 0.464. The van der Waals surface area contributed by atoms with E-state index in [0.29, 0.717) is 30.4 Å². The molecule has 35 heavy (non-hydrogen) atoms. The summed E-state index contributed by atoms with van der Waals surface area (Å²) in [6, 6.07) is 6.95. The number of nitrogens with two attached hydrogens (primary N) is 1. The zero-order valence-electron chi connectivity index (χ0n) is 19.1. The second-order valence-corrected chi connectivity index (χ2v) is 11.9. The predicted octanol–water partition coefficient (Wildman–Crippen LogP) is 3.46. The number of nitrogen functional groups attached to an aromatic ring is 1. The lowest BCUT2D eigenvalue weighted by atomic mass is 10.0. The van der Waals surface area contributed by atoms with Gasteiger partial charge in [0, 0.05) is 52.8 Å². The van der Waals surface area contributed by atoms with Gasteiger partial charge in [-0.25, -0.2) is 9.19 Å². The van der Waals surface area contributed by atoms with Gasteiger partial charge in [0.1, 0.15) is 11.4 Å². The number of benzene rings is 1. The average molecular weight is 527 g/mol. The number of thiocarbonyl (C=S) groups is 1. The van der Waals surface area contributed by atoms with Crippen LogP contribution in [0.2, 0.25) is 0 Å². The molecular formula is C22H25F3N6O2S2. The molecule has 1 amide bonds. The first-order valence-electron chi connectivity index (χ1n) is 10.8. The number of hydrogen-bond acceptors (Lipinski definition) is 7. The number of anilines is 3. The Morgan fingerprint density at radius 2 is 1.86 bits per heavy atom. The van der Waals surface area contributed by atoms with Crippen molar-refractivity contribution in [2.75, 3.05) is 40.1 Å². The number of aromatic nitrogens is 1. The van der Waals surface area contributed by atoms with Gasteiger partial charge in [0.05, 0.1) is 11.3 Å². The second kappa shape index (κ2) is 8.63. The van der Waals surface area contributed by atoms with E-state index in [0.717, 1.165) is 22.6 Å². The van der Waals surface area contributed by atoms with Gasteiger partial charge in [-0.3, -0.25) is 14.5 Å². The van der Waals surface area contributed by atoms with Gasteiger partial charge in [-0.1, -0.05) is 6.07 Å². The minimum atomic E-state index is -4.67. The fraction of sp³-hybridized carbons (Fsp3) is 0.409. The minimum absolute atomic E-state index is 0.00152. The Balaban J connectivity index is 1.55. The molecule has 4 rings (SSSR count). The van der Waals surface area contributed by atoms with Gasteiger partial charge in [-0.05, 0) is 55.9 Å². The number of nitrogens with one attached hydrogen (secondary N) is 1. The summed E-state index contributed by atoms with van der Waals surface area (Å²) in [4.78, 5) is 22.4. The van der Waals surface area contributed by atoms with Gasteiger partial charge in [0.2, 0.25) is 0 Å². The lowest BCUT2D eigenvalue weighted by Gasteiger charge is -2.30. The van der Waals surface area contributed by atoms with Crippen molar-refractivity contribution in [2.45, 2.75) is 32.1 Å². The van der Waals surface area contributed by atoms with Crippen molar-refractivity contribution in [1.82, 2.24) is 9.88 Å². The van der Waals surface area contributed by atoms with Crippen LogP contribution in [0.15, 0.2) is 36.5 Å². The first kappa shape index (κ1) is 25.2. The maximum atomic E-state index is 13.4. The molecule has 1 aromatic heterocycles. The molecule has 0 aliphatic carbocycles. The van der Waals surface area contributed by atoms with E-state index in [4.69, 9.17) is 22.7 Å². The van der Waals surface area contributed by atoms with Crippen molar-refractivity contribution >= 4 is 50.2 Å². The van der Waals surface area contributed by atoms with Crippen molar-refractivity contribution in [3.05, 3.63) is 47.7 Å². The SMILES string of the molecule is CC1(C)C(=O)N(c2ccc(N)c(C(F)(F)F)c2)C(=S)N1Cc1ccc(N2CCS(=N)(=O)CC2)nc1. The highest BCUT2D eigenvalue weighted by atomic mass is 32.2. The molecule has 0 radical (unpaired) electrons. The van der Waals surface area contributed by atoms with Crippen molar-refractivity contribution < 1.29 is 22.2 Å². The Morgan fingerprint density at radius 3 is 2.43 bits per heavy atom. The molecule has 0 atom stereocenters. The molecular weight excluding hydrogens is 501 g/mol. The van der Waals surface area contributed by atoms with Crippen LogP contribution >= 0.6 is 12.2 Å². The number of carbonyl (C=O) groups is 1. The smallest absolute Gasteiger partial charge is 0.398 e. The molecule has 2 aromatic rings. The topological polar surface area (TPSA) is 107 Å². The Labute approximate surface area is 206 Å². The first-order chi connectivity index (χ1) is 16.2. The summed E-state index contributed by atoms with van der Waals surface area (Å²) >= 11 is 5.53. The Bertz CT molecular complexity index is 1270. The fourth-order valence-electron chi connectivity index (χ4n) is 4.10. The van der Waals surface area contributed by atoms with Crippen LogP contribution in [0.4, 0.5) is 30.4 Å². The largest absolute Gasteiger partial charge is 0.418 e. The van der Waals surface area contributed by atoms with Crippen molar-refractivity contribution in [3.8, 4) is 0 Å². The lowest BCUT2D eigenvalue weighted by molar-refractivity contribution is -0.137. The summed E-state index contributed by atoms with van der Waals surface area (Å²) in [7, 11) is -2.51. The van der Waals surface area contributed by atoms with E-state index >= 15 is 0 Å². The monoisotopic (exact) mass is 526 g/mol. The summed E-state index contributed by atoms with van der Waals surface area (Å²) in [6.45, 7) is 4.53. The summed E-state index contributed by atoms with van der Waals surface area (Å²) < 4.78 is 59.7. The highest BCUT2D eigenvalue weighted by molar-refractivity contribution is 7.92. The Kier molecular flexibility index (Phi) is 6.20. The molecule has 2 fully saturated rings. The van der Waals surface area contributed by atoms with Crippen LogP contribution in [0.1, 0.15) is 25.0 Å². The molecule has 0 spiro atoms. The second-order valence-electron chi connectivity index (χ2n) is 9.07. The lowest BCUT2D eigenvalue weighted by Crippen LogP contribution is -2.43. The van der Waals surface area contributed by atoms with Crippen LogP contribution in [0.25, 0.3) is 0 Å². The van der Waals surface area contributed by atoms with Crippen LogP contribution in [-0.4, -0.2) is 55.2 Å². The van der Waals surface area contributed by atoms with Gasteiger partial charge in [-0.2, -0.15) is 13.2 Å². The number of amides is 1. The fourth-order valence-corrected chi connectivity index (χ4v) is 5.81. The third-order valence-corrected chi connectivity index (χ3v) is 8.37. The molecule has 2 aliphatic heterocycles. The highest BCUT2D eigenvalue weighted by Gasteiger charge is 2.49. The van der Waals surface area contributed by atoms with E-state index in [1.807, 2.05) is 17.0 Å². The molecule has 8 nitrogen and oxygen atoms in total. The number of alkyl halides is 3. The zero-order chi connectivity index (χ0) is 25.8. The van der Waals surface area contributed by atoms with Gasteiger partial charge < -0.3 is 15.5 Å². The van der Waals surface area contributed by atoms with Gasteiger partial charge in [0.25, 0.3) is 5.91 Å². The molecule has 188 valence electrons. The van der Waals surface area contributed by atoms with E-state index in [2.05, 4.69) is 4.98 Å². The van der Waals surface area contributed by atoms with Crippen LogP contribution in [0.3, 0.4) is 0 Å². The van der Waals surface area contributed by atoms with Crippen LogP contribution in [0, 0.1) is 4.78 Å². The van der Waals surface area contributed by atoms with E-state index in [1.165, 1.54) is 6.07 Å². The molecule has 2 aliphatic rings. The molecule has 3 heterocycles. The Morgan fingerprint density at radius 1 is 1.20 bits per heavy atom. The summed E-state index contributed by atoms with van der Waals surface area (Å²) in [5.74, 6) is 0.848. The maximum Gasteiger partial charge on any atom is 0.418 e. The summed E-state index contributed by atoms with van der Waals surface area (Å²) in [5.41, 5.74) is 3.71. The van der Waals surface area contributed by atoms with Crippen LogP contribution in [0.5, 0.6) is 0 Å². The average Bonchev–Trinajstić information content (AvgIpc) is 2.93. The number of pyridine rings is 1. The molecule has 0 saturated carbocycles. The third kappa shape index (κ3) is 4.79. The van der Waals surface area contributed by atoms with Gasteiger partial charge in [-0.15, -0.1) is 0 Å². The van der Waals surface area contributed by atoms with E-state index in [1.54, 1.807) is 24.9 Å². The zero-order valence-corrected chi connectivity index (χ0v) is 20.8. The molecule has 13 heteroatoms. The molecule has 0 bridgehead atoms. The number of carbonyl (C=O) groups excluding carboxylic acids is 1. The summed E-state index contributed by atoms with van der Waals surface area (Å²) in [5, 5.41) is 0.0863. The first-order valence-corrected chi connectivity index (χ1v) is 13.1. The van der Waals surface area contributed by atoms with Crippen molar-refractivity contribution in [3.63, 3.8) is 0 Å². The minimum Gasteiger partial charge on any atom is -0.398 e. The van der Waals surface area contributed by atoms with Gasteiger partial charge in [0.15, 0.2) is 5.11 Å². The van der Waals surface area contributed by atoms with Crippen LogP contribution in [-0.2, 0) is 27.2 Å². The number of halogens is 3. The maximum absolute atomic E-state index is 13.4. The molecule has 1 aromatic carbocycles. The Hall–Kier alpha value is -2.93. The third-order valence-electron chi connectivity index (χ3n) is 6.28. The number of hydrogen-bond donors (Lipinski definition) is 2. The van der Waals surface area contributed by atoms with Crippen LogP contribution < -0.4 is 15.5 Å². The number of nitrogens with zero attached hydrogens (tertiary/aromatic N) is 4. The standard InChI is InChI=1S/C22H25F3N6O2S2/c1-21(2)19(32)31(15-4-5-17(26)16(11-15)22(23,24)25)20(34)30(21)13-14-3-6-18(28-12-14)29-7-9-35(27,33)10-8-29/h3-6,11-12,27H,7-10,13,26H2,1-2H3. The number of rotatable bonds is 4. The molecule has 2 saturated heterocycles. The summed E-state index contributed by atoms with van der Waals surface area (Å²) in [6.07, 6.45) is -3.02. The normalized spacial score (nSPS) is 20.0. The van der Waals surface area contributed by atoms with Gasteiger partial charge >= 0.3 is 6.18 Å². The molecule has 0 unspecified atom stereocenters. The van der Waals surface area contributed by atoms with E-state index < -0.39 is 38.6 Å². The van der Waals surface area contributed by atoms with E-state index in [-0.39, 0.29) is 17.3 Å². The van der Waals surface area contributed by atoms with Crippen molar-refractivity contribution in [1.29, 1.82) is 4.78 Å². The highest BCUT2D eigenvalue weighted by Crippen LogP contribution is 2.39. The van der Waals surface area contributed by atoms with E-state index in [9.17, 15) is 22.2 Å².